The SMILES string of the molecule is O=Cc1c[nH]c2cccc(/C=C/C(=O)O)c12. The highest BCUT2D eigenvalue weighted by atomic mass is 16.4. The molecule has 0 saturated heterocycles. The molecule has 2 aromatic rings. The second-order valence-electron chi connectivity index (χ2n) is 3.30. The van der Waals surface area contributed by atoms with E-state index in [4.69, 9.17) is 5.11 Å². The summed E-state index contributed by atoms with van der Waals surface area (Å²) in [5, 5.41) is 9.31. The highest BCUT2D eigenvalue weighted by Crippen LogP contribution is 2.22. The highest BCUT2D eigenvalue weighted by Gasteiger charge is 2.05. The summed E-state index contributed by atoms with van der Waals surface area (Å²) in [6.45, 7) is 0. The van der Waals surface area contributed by atoms with Gasteiger partial charge in [0.05, 0.1) is 0 Å². The lowest BCUT2D eigenvalue weighted by Crippen LogP contribution is -1.86. The number of H-pyrrole nitrogens is 1. The predicted molar refractivity (Wildman–Crippen MR) is 60.4 cm³/mol. The number of carboxylic acid groups (broad SMARTS) is 1. The molecule has 1 heterocycles. The van der Waals surface area contributed by atoms with Crippen LogP contribution >= 0.6 is 0 Å². The summed E-state index contributed by atoms with van der Waals surface area (Å²) in [5.74, 6) is -1.01. The quantitative estimate of drug-likeness (QED) is 0.608. The first-order valence-electron chi connectivity index (χ1n) is 4.68. The molecule has 0 atom stereocenters. The van der Waals surface area contributed by atoms with Crippen LogP contribution in [-0.4, -0.2) is 22.3 Å². The van der Waals surface area contributed by atoms with Crippen LogP contribution in [0.4, 0.5) is 0 Å². The van der Waals surface area contributed by atoms with E-state index < -0.39 is 5.97 Å². The topological polar surface area (TPSA) is 70.2 Å². The van der Waals surface area contributed by atoms with Crippen molar-refractivity contribution in [3.05, 3.63) is 41.6 Å². The van der Waals surface area contributed by atoms with Gasteiger partial charge in [-0.2, -0.15) is 0 Å². The molecule has 0 saturated carbocycles. The van der Waals surface area contributed by atoms with Gasteiger partial charge in [0.1, 0.15) is 0 Å². The minimum atomic E-state index is -1.01. The second-order valence-corrected chi connectivity index (χ2v) is 3.30. The van der Waals surface area contributed by atoms with Gasteiger partial charge in [-0.05, 0) is 17.7 Å². The number of carbonyl (C=O) groups is 2. The summed E-state index contributed by atoms with van der Waals surface area (Å²) in [6, 6.07) is 5.40. The molecule has 4 nitrogen and oxygen atoms in total. The van der Waals surface area contributed by atoms with Crippen LogP contribution in [0.1, 0.15) is 15.9 Å². The number of carbonyl (C=O) groups excluding carboxylic acids is 1. The van der Waals surface area contributed by atoms with E-state index in [1.54, 1.807) is 18.3 Å². The third-order valence-corrected chi connectivity index (χ3v) is 2.30. The monoisotopic (exact) mass is 215 g/mol. The van der Waals surface area contributed by atoms with Gasteiger partial charge in [0.25, 0.3) is 0 Å². The van der Waals surface area contributed by atoms with Crippen molar-refractivity contribution >= 4 is 29.2 Å². The number of hydrogen-bond acceptors (Lipinski definition) is 2. The first-order chi connectivity index (χ1) is 7.72. The number of aromatic nitrogens is 1. The summed E-state index contributed by atoms with van der Waals surface area (Å²) in [7, 11) is 0. The van der Waals surface area contributed by atoms with Gasteiger partial charge >= 0.3 is 5.97 Å². The summed E-state index contributed by atoms with van der Waals surface area (Å²) < 4.78 is 0. The Hall–Kier alpha value is -2.36. The summed E-state index contributed by atoms with van der Waals surface area (Å²) in [4.78, 5) is 24.2. The van der Waals surface area contributed by atoms with Crippen LogP contribution in [0.25, 0.3) is 17.0 Å². The maximum Gasteiger partial charge on any atom is 0.328 e. The van der Waals surface area contributed by atoms with Crippen LogP contribution in [0.15, 0.2) is 30.5 Å². The van der Waals surface area contributed by atoms with E-state index in [1.165, 1.54) is 6.08 Å². The molecular formula is C12H9NO3. The van der Waals surface area contributed by atoms with Crippen molar-refractivity contribution in [2.24, 2.45) is 0 Å². The number of carboxylic acids is 1. The third kappa shape index (κ3) is 1.72. The summed E-state index contributed by atoms with van der Waals surface area (Å²) in [6.07, 6.45) is 4.88. The molecule has 0 aliphatic rings. The van der Waals surface area contributed by atoms with Gasteiger partial charge in [0, 0.05) is 28.7 Å². The molecule has 80 valence electrons. The van der Waals surface area contributed by atoms with Crippen molar-refractivity contribution in [1.82, 2.24) is 4.98 Å². The number of aliphatic carboxylic acids is 1. The normalized spacial score (nSPS) is 11.0. The summed E-state index contributed by atoms with van der Waals surface area (Å²) in [5.41, 5.74) is 2.05. The Morgan fingerprint density at radius 3 is 2.81 bits per heavy atom. The first-order valence-corrected chi connectivity index (χ1v) is 4.68. The molecule has 0 aliphatic carbocycles. The van der Waals surface area contributed by atoms with E-state index in [-0.39, 0.29) is 0 Å². The summed E-state index contributed by atoms with van der Waals surface area (Å²) >= 11 is 0. The Kier molecular flexibility index (Phi) is 2.55. The highest BCUT2D eigenvalue weighted by molar-refractivity contribution is 6.02. The van der Waals surface area contributed by atoms with Crippen LogP contribution in [0.3, 0.4) is 0 Å². The van der Waals surface area contributed by atoms with Gasteiger partial charge in [-0.25, -0.2) is 4.79 Å². The molecule has 0 spiro atoms. The predicted octanol–water partition coefficient (Wildman–Crippen LogP) is 2.08. The van der Waals surface area contributed by atoms with Crippen molar-refractivity contribution in [2.45, 2.75) is 0 Å². The number of hydrogen-bond donors (Lipinski definition) is 2. The van der Waals surface area contributed by atoms with E-state index in [2.05, 4.69) is 4.98 Å². The fraction of sp³-hybridized carbons (Fsp3) is 0. The fourth-order valence-electron chi connectivity index (χ4n) is 1.63. The van der Waals surface area contributed by atoms with Crippen LogP contribution in [-0.2, 0) is 4.79 Å². The maximum absolute atomic E-state index is 10.8. The molecule has 2 rings (SSSR count). The molecule has 0 aliphatic heterocycles. The zero-order chi connectivity index (χ0) is 11.5. The maximum atomic E-state index is 10.8. The van der Waals surface area contributed by atoms with Gasteiger partial charge in [-0.1, -0.05) is 12.1 Å². The van der Waals surface area contributed by atoms with E-state index in [9.17, 15) is 9.59 Å². The van der Waals surface area contributed by atoms with Crippen LogP contribution < -0.4 is 0 Å². The molecule has 0 bridgehead atoms. The molecule has 1 aromatic heterocycles. The van der Waals surface area contributed by atoms with Crippen LogP contribution in [0.2, 0.25) is 0 Å². The lowest BCUT2D eigenvalue weighted by Gasteiger charge is -1.97. The standard InChI is InChI=1S/C12H9NO3/c14-7-9-6-13-10-3-1-2-8(12(9)10)4-5-11(15)16/h1-7,13H,(H,15,16)/b5-4+. The van der Waals surface area contributed by atoms with E-state index in [1.807, 2.05) is 6.07 Å². The van der Waals surface area contributed by atoms with Crippen molar-refractivity contribution in [2.75, 3.05) is 0 Å². The average molecular weight is 215 g/mol. The average Bonchev–Trinajstić information content (AvgIpc) is 2.69. The van der Waals surface area contributed by atoms with E-state index in [0.717, 1.165) is 23.3 Å². The van der Waals surface area contributed by atoms with Crippen molar-refractivity contribution in [3.63, 3.8) is 0 Å². The van der Waals surface area contributed by atoms with E-state index >= 15 is 0 Å². The number of rotatable bonds is 3. The van der Waals surface area contributed by atoms with Crippen molar-refractivity contribution in [1.29, 1.82) is 0 Å². The number of aldehydes is 1. The first kappa shape index (κ1) is 10.2. The van der Waals surface area contributed by atoms with E-state index in [0.29, 0.717) is 11.1 Å². The fourth-order valence-corrected chi connectivity index (χ4v) is 1.63. The van der Waals surface area contributed by atoms with Crippen LogP contribution in [0, 0.1) is 0 Å². The van der Waals surface area contributed by atoms with Gasteiger partial charge in [-0.3, -0.25) is 4.79 Å². The Bertz CT molecular complexity index is 581. The number of nitrogens with one attached hydrogen (secondary N) is 1. The van der Waals surface area contributed by atoms with Crippen LogP contribution in [0.5, 0.6) is 0 Å². The second kappa shape index (κ2) is 4.02. The number of aromatic amines is 1. The Balaban J connectivity index is 2.63. The third-order valence-electron chi connectivity index (χ3n) is 2.30. The van der Waals surface area contributed by atoms with Gasteiger partial charge in [-0.15, -0.1) is 0 Å². The largest absolute Gasteiger partial charge is 0.478 e. The molecule has 0 amide bonds. The molecule has 4 heteroatoms. The Labute approximate surface area is 91.2 Å². The molecular weight excluding hydrogens is 206 g/mol. The molecule has 0 unspecified atom stereocenters. The minimum Gasteiger partial charge on any atom is -0.478 e. The lowest BCUT2D eigenvalue weighted by molar-refractivity contribution is -0.131. The zero-order valence-corrected chi connectivity index (χ0v) is 8.31. The molecule has 1 aromatic carbocycles. The number of benzene rings is 1. The molecule has 0 fully saturated rings. The van der Waals surface area contributed by atoms with Crippen molar-refractivity contribution < 1.29 is 14.7 Å². The number of fused-ring (bicyclic) bond motifs is 1. The molecule has 16 heavy (non-hydrogen) atoms. The van der Waals surface area contributed by atoms with Gasteiger partial charge in [0.15, 0.2) is 6.29 Å². The minimum absolute atomic E-state index is 0.528. The zero-order valence-electron chi connectivity index (χ0n) is 8.31. The van der Waals surface area contributed by atoms with Gasteiger partial charge < -0.3 is 10.1 Å². The smallest absolute Gasteiger partial charge is 0.328 e. The van der Waals surface area contributed by atoms with Gasteiger partial charge in [0.2, 0.25) is 0 Å². The molecule has 0 radical (unpaired) electrons. The Morgan fingerprint density at radius 2 is 2.12 bits per heavy atom. The van der Waals surface area contributed by atoms with Crippen molar-refractivity contribution in [3.8, 4) is 0 Å². The lowest BCUT2D eigenvalue weighted by atomic mass is 10.1. The molecule has 2 N–H and O–H groups in total. The Morgan fingerprint density at radius 1 is 1.31 bits per heavy atom.